The van der Waals surface area contributed by atoms with Crippen molar-refractivity contribution in [1.29, 1.82) is 0 Å². The van der Waals surface area contributed by atoms with Gasteiger partial charge in [0.15, 0.2) is 0 Å². The Labute approximate surface area is 295 Å². The van der Waals surface area contributed by atoms with E-state index < -0.39 is 5.41 Å². The van der Waals surface area contributed by atoms with Gasteiger partial charge in [0.05, 0.1) is 33.2 Å². The molecule has 0 bridgehead atoms. The summed E-state index contributed by atoms with van der Waals surface area (Å²) in [5, 5.41) is 5.13. The van der Waals surface area contributed by atoms with Crippen molar-refractivity contribution >= 4 is 43.6 Å². The maximum absolute atomic E-state index is 2.52. The Morgan fingerprint density at radius 2 is 0.922 bits per heavy atom. The first-order valence-electron chi connectivity index (χ1n) is 17.8. The quantitative estimate of drug-likeness (QED) is 0.177. The second kappa shape index (κ2) is 9.74. The van der Waals surface area contributed by atoms with E-state index in [1.165, 1.54) is 99.5 Å². The summed E-state index contributed by atoms with van der Waals surface area (Å²) in [4.78, 5) is 0. The van der Waals surface area contributed by atoms with Gasteiger partial charge in [0.1, 0.15) is 0 Å². The molecule has 2 aliphatic rings. The standard InChI is InChI=1S/C49H30N2/c1-2-13-33(14-3-1)50-44-22-9-6-17-37(44)39-29-31(26-28-46(39)50)32-25-27-35-34-15-4-7-19-40(34)49(43(35)30-32)41-20-8-11-24-47(41)51-45-23-10-5-16-36(45)38-18-12-21-42(49)48(38)51/h1-30H. The topological polar surface area (TPSA) is 9.86 Å². The Kier molecular flexibility index (Phi) is 5.20. The molecule has 8 aromatic carbocycles. The fourth-order valence-electron chi connectivity index (χ4n) is 9.75. The van der Waals surface area contributed by atoms with Crippen molar-refractivity contribution in [2.45, 2.75) is 5.41 Å². The summed E-state index contributed by atoms with van der Waals surface area (Å²) in [7, 11) is 0. The zero-order valence-electron chi connectivity index (χ0n) is 27.7. The molecule has 1 unspecified atom stereocenters. The predicted molar refractivity (Wildman–Crippen MR) is 211 cm³/mol. The number of rotatable bonds is 2. The summed E-state index contributed by atoms with van der Waals surface area (Å²) >= 11 is 0. The number of nitrogens with zero attached hydrogens (tertiary/aromatic N) is 2. The lowest BCUT2D eigenvalue weighted by molar-refractivity contribution is 0.749. The Balaban J connectivity index is 1.16. The van der Waals surface area contributed by atoms with Crippen molar-refractivity contribution in [2.75, 3.05) is 0 Å². The third-order valence-electron chi connectivity index (χ3n) is 11.7. The highest BCUT2D eigenvalue weighted by molar-refractivity contribution is 6.13. The van der Waals surface area contributed by atoms with Crippen LogP contribution in [0.2, 0.25) is 0 Å². The zero-order chi connectivity index (χ0) is 33.3. The Morgan fingerprint density at radius 1 is 0.333 bits per heavy atom. The van der Waals surface area contributed by atoms with E-state index in [-0.39, 0.29) is 0 Å². The van der Waals surface area contributed by atoms with Crippen LogP contribution in [0.3, 0.4) is 0 Å². The zero-order valence-corrected chi connectivity index (χ0v) is 27.7. The molecular weight excluding hydrogens is 617 g/mol. The number of hydrogen-bond acceptors (Lipinski definition) is 0. The van der Waals surface area contributed by atoms with E-state index in [1.807, 2.05) is 0 Å². The highest BCUT2D eigenvalue weighted by atomic mass is 15.0. The average Bonchev–Trinajstić information content (AvgIpc) is 3.82. The third kappa shape index (κ3) is 3.32. The molecule has 1 aliphatic heterocycles. The molecule has 51 heavy (non-hydrogen) atoms. The SMILES string of the molecule is c1ccc(-n2c3ccccc3c3cc(-c4ccc5c(c4)C4(c6ccccc6-5)c5ccccc5-n5c6ccccc6c6cccc4c65)ccc32)cc1. The summed E-state index contributed by atoms with van der Waals surface area (Å²) in [6.45, 7) is 0. The molecule has 1 atom stereocenters. The average molecular weight is 647 g/mol. The molecule has 2 nitrogen and oxygen atoms in total. The summed E-state index contributed by atoms with van der Waals surface area (Å²) in [6.07, 6.45) is 0. The van der Waals surface area contributed by atoms with Gasteiger partial charge in [-0.2, -0.15) is 0 Å². The molecule has 0 saturated heterocycles. The van der Waals surface area contributed by atoms with Gasteiger partial charge in [0, 0.05) is 27.2 Å². The van der Waals surface area contributed by atoms with Gasteiger partial charge in [-0.05, 0) is 93.0 Å². The lowest BCUT2D eigenvalue weighted by Crippen LogP contribution is -2.33. The van der Waals surface area contributed by atoms with Crippen LogP contribution in [0.1, 0.15) is 22.3 Å². The fraction of sp³-hybridized carbons (Fsp3) is 0.0204. The largest absolute Gasteiger partial charge is 0.309 e. The van der Waals surface area contributed by atoms with E-state index in [2.05, 4.69) is 191 Å². The van der Waals surface area contributed by atoms with Gasteiger partial charge >= 0.3 is 0 Å². The fourth-order valence-corrected chi connectivity index (χ4v) is 9.75. The Hall–Kier alpha value is -6.64. The van der Waals surface area contributed by atoms with Crippen molar-refractivity contribution in [1.82, 2.24) is 9.13 Å². The minimum atomic E-state index is -0.462. The van der Waals surface area contributed by atoms with Gasteiger partial charge < -0.3 is 9.13 Å². The van der Waals surface area contributed by atoms with E-state index >= 15 is 0 Å². The molecule has 1 aliphatic carbocycles. The molecule has 2 heteroatoms. The molecule has 0 saturated carbocycles. The van der Waals surface area contributed by atoms with Crippen LogP contribution in [-0.2, 0) is 5.41 Å². The van der Waals surface area contributed by atoms with Gasteiger partial charge in [0.25, 0.3) is 0 Å². The normalized spacial score (nSPS) is 15.5. The van der Waals surface area contributed by atoms with Crippen molar-refractivity contribution in [2.24, 2.45) is 0 Å². The number of benzene rings is 8. The van der Waals surface area contributed by atoms with E-state index in [0.29, 0.717) is 0 Å². The third-order valence-corrected chi connectivity index (χ3v) is 11.7. The maximum atomic E-state index is 2.52. The molecule has 2 aromatic heterocycles. The molecule has 3 heterocycles. The van der Waals surface area contributed by atoms with Crippen molar-refractivity contribution in [3.8, 4) is 33.6 Å². The lowest BCUT2D eigenvalue weighted by atomic mass is 9.65. The van der Waals surface area contributed by atoms with Crippen LogP contribution in [0.15, 0.2) is 182 Å². The van der Waals surface area contributed by atoms with Crippen molar-refractivity contribution < 1.29 is 0 Å². The second-order valence-corrected chi connectivity index (χ2v) is 14.0. The van der Waals surface area contributed by atoms with Crippen LogP contribution < -0.4 is 0 Å². The summed E-state index contributed by atoms with van der Waals surface area (Å²) in [5.74, 6) is 0. The van der Waals surface area contributed by atoms with Crippen molar-refractivity contribution in [3.05, 3.63) is 204 Å². The smallest absolute Gasteiger partial charge is 0.0754 e. The Bertz CT molecular complexity index is 3090. The van der Waals surface area contributed by atoms with Gasteiger partial charge in [0.2, 0.25) is 0 Å². The van der Waals surface area contributed by atoms with Crippen molar-refractivity contribution in [3.63, 3.8) is 0 Å². The van der Waals surface area contributed by atoms with Crippen LogP contribution in [0.5, 0.6) is 0 Å². The van der Waals surface area contributed by atoms with Crippen LogP contribution in [-0.4, -0.2) is 9.13 Å². The first-order valence-corrected chi connectivity index (χ1v) is 17.8. The molecule has 12 rings (SSSR count). The number of hydrogen-bond donors (Lipinski definition) is 0. The second-order valence-electron chi connectivity index (χ2n) is 14.0. The number of para-hydroxylation sites is 5. The van der Waals surface area contributed by atoms with E-state index in [1.54, 1.807) is 0 Å². The van der Waals surface area contributed by atoms with Crippen LogP contribution in [0.25, 0.3) is 77.2 Å². The Morgan fingerprint density at radius 3 is 1.78 bits per heavy atom. The molecule has 236 valence electrons. The lowest BCUT2D eigenvalue weighted by Gasteiger charge is -2.39. The van der Waals surface area contributed by atoms with E-state index in [9.17, 15) is 0 Å². The highest BCUT2D eigenvalue weighted by Gasteiger charge is 2.50. The minimum absolute atomic E-state index is 0.462. The van der Waals surface area contributed by atoms with Gasteiger partial charge in [-0.25, -0.2) is 0 Å². The monoisotopic (exact) mass is 646 g/mol. The van der Waals surface area contributed by atoms with Gasteiger partial charge in [-0.1, -0.05) is 133 Å². The molecular formula is C49H30N2. The van der Waals surface area contributed by atoms with Crippen LogP contribution in [0, 0.1) is 0 Å². The van der Waals surface area contributed by atoms with Crippen LogP contribution in [0.4, 0.5) is 0 Å². The number of aromatic nitrogens is 2. The molecule has 1 spiro atoms. The molecule has 0 fully saturated rings. The summed E-state index contributed by atoms with van der Waals surface area (Å²) < 4.78 is 4.91. The maximum Gasteiger partial charge on any atom is 0.0754 e. The molecule has 0 N–H and O–H groups in total. The van der Waals surface area contributed by atoms with E-state index in [0.717, 1.165) is 0 Å². The summed E-state index contributed by atoms with van der Waals surface area (Å²) in [6, 6.07) is 67.8. The predicted octanol–water partition coefficient (Wildman–Crippen LogP) is 12.2. The molecule has 10 aromatic rings. The molecule has 0 amide bonds. The van der Waals surface area contributed by atoms with Gasteiger partial charge in [-0.15, -0.1) is 0 Å². The number of fused-ring (bicyclic) bond motifs is 15. The molecule has 0 radical (unpaired) electrons. The van der Waals surface area contributed by atoms with E-state index in [4.69, 9.17) is 0 Å². The first-order chi connectivity index (χ1) is 25.3. The van der Waals surface area contributed by atoms with Gasteiger partial charge in [-0.3, -0.25) is 0 Å². The minimum Gasteiger partial charge on any atom is -0.309 e. The van der Waals surface area contributed by atoms with Crippen LogP contribution >= 0.6 is 0 Å². The summed E-state index contributed by atoms with van der Waals surface area (Å²) in [5.41, 5.74) is 17.4. The first kappa shape index (κ1) is 27.2. The highest BCUT2D eigenvalue weighted by Crippen LogP contribution is 2.61.